The van der Waals surface area contributed by atoms with Crippen molar-refractivity contribution in [3.8, 4) is 0 Å². The molecule has 2 aromatic carbocycles. The smallest absolute Gasteiger partial charge is 0.346 e. The molecule has 5 rings (SSSR count). The van der Waals surface area contributed by atoms with E-state index in [4.69, 9.17) is 0 Å². The van der Waals surface area contributed by atoms with E-state index < -0.39 is 5.97 Å². The van der Waals surface area contributed by atoms with Crippen molar-refractivity contribution in [1.82, 2.24) is 4.90 Å². The first kappa shape index (κ1) is 21.2. The average molecular weight is 449 g/mol. The number of hydrogen-bond acceptors (Lipinski definition) is 4. The molecular formula is C26H28N2O3S. The van der Waals surface area contributed by atoms with E-state index in [1.807, 2.05) is 30.3 Å². The monoisotopic (exact) mass is 448 g/mol. The SMILES string of the molecule is O=C(CN1CCCC1Cc1c(C(=O)O)sc2ccccc12)Nc1ccc2c(c1)CCCC2. The van der Waals surface area contributed by atoms with Crippen molar-refractivity contribution in [3.63, 3.8) is 0 Å². The number of thiophene rings is 1. The minimum atomic E-state index is -0.865. The third-order valence-electron chi connectivity index (χ3n) is 6.81. The number of anilines is 1. The summed E-state index contributed by atoms with van der Waals surface area (Å²) in [5, 5.41) is 13.8. The predicted molar refractivity (Wildman–Crippen MR) is 129 cm³/mol. The van der Waals surface area contributed by atoms with Crippen LogP contribution in [0.5, 0.6) is 0 Å². The highest BCUT2D eigenvalue weighted by molar-refractivity contribution is 7.21. The number of aryl methyl sites for hydroxylation is 2. The van der Waals surface area contributed by atoms with E-state index in [1.54, 1.807) is 0 Å². The number of fused-ring (bicyclic) bond motifs is 2. The topological polar surface area (TPSA) is 69.6 Å². The molecule has 0 bridgehead atoms. The molecule has 32 heavy (non-hydrogen) atoms. The summed E-state index contributed by atoms with van der Waals surface area (Å²) in [6.07, 6.45) is 7.37. The van der Waals surface area contributed by atoms with Gasteiger partial charge in [0.05, 0.1) is 6.54 Å². The first-order valence-corrected chi connectivity index (χ1v) is 12.3. The van der Waals surface area contributed by atoms with E-state index in [-0.39, 0.29) is 11.9 Å². The number of hydrogen-bond donors (Lipinski definition) is 2. The first-order chi connectivity index (χ1) is 15.6. The summed E-state index contributed by atoms with van der Waals surface area (Å²) in [6.45, 7) is 1.21. The number of benzene rings is 2. The van der Waals surface area contributed by atoms with Gasteiger partial charge < -0.3 is 10.4 Å². The van der Waals surface area contributed by atoms with E-state index in [1.165, 1.54) is 35.3 Å². The molecule has 1 aliphatic carbocycles. The van der Waals surface area contributed by atoms with Gasteiger partial charge in [-0.15, -0.1) is 11.3 Å². The Balaban J connectivity index is 1.28. The van der Waals surface area contributed by atoms with E-state index in [9.17, 15) is 14.7 Å². The Hall–Kier alpha value is -2.70. The quantitative estimate of drug-likeness (QED) is 0.549. The lowest BCUT2D eigenvalue weighted by Gasteiger charge is -2.24. The molecule has 1 aliphatic heterocycles. The highest BCUT2D eigenvalue weighted by atomic mass is 32.1. The van der Waals surface area contributed by atoms with Gasteiger partial charge in [-0.1, -0.05) is 24.3 Å². The molecule has 0 spiro atoms. The van der Waals surface area contributed by atoms with Gasteiger partial charge in [0.15, 0.2) is 0 Å². The lowest BCUT2D eigenvalue weighted by molar-refractivity contribution is -0.117. The largest absolute Gasteiger partial charge is 0.477 e. The number of rotatable bonds is 6. The Bertz CT molecular complexity index is 1170. The highest BCUT2D eigenvalue weighted by Crippen LogP contribution is 2.34. The lowest BCUT2D eigenvalue weighted by Crippen LogP contribution is -2.38. The number of carbonyl (C=O) groups is 2. The van der Waals surface area contributed by atoms with Crippen molar-refractivity contribution in [3.05, 3.63) is 64.0 Å². The van der Waals surface area contributed by atoms with Crippen LogP contribution in [0.4, 0.5) is 5.69 Å². The molecule has 1 saturated heterocycles. The molecule has 6 heteroatoms. The van der Waals surface area contributed by atoms with Gasteiger partial charge in [-0.2, -0.15) is 0 Å². The summed E-state index contributed by atoms with van der Waals surface area (Å²) in [7, 11) is 0. The molecule has 2 aliphatic rings. The summed E-state index contributed by atoms with van der Waals surface area (Å²) >= 11 is 1.35. The van der Waals surface area contributed by atoms with Gasteiger partial charge >= 0.3 is 5.97 Å². The van der Waals surface area contributed by atoms with Gasteiger partial charge in [-0.3, -0.25) is 9.69 Å². The van der Waals surface area contributed by atoms with Crippen molar-refractivity contribution >= 4 is 39.0 Å². The second kappa shape index (κ2) is 9.04. The maximum absolute atomic E-state index is 12.8. The van der Waals surface area contributed by atoms with Crippen LogP contribution in [0.1, 0.15) is 52.0 Å². The van der Waals surface area contributed by atoms with Gasteiger partial charge in [0.1, 0.15) is 4.88 Å². The molecule has 1 aromatic heterocycles. The summed E-state index contributed by atoms with van der Waals surface area (Å²) < 4.78 is 1.01. The zero-order valence-electron chi connectivity index (χ0n) is 18.1. The summed E-state index contributed by atoms with van der Waals surface area (Å²) in [5.41, 5.74) is 4.55. The van der Waals surface area contributed by atoms with E-state index in [2.05, 4.69) is 22.3 Å². The molecule has 1 amide bonds. The van der Waals surface area contributed by atoms with Crippen LogP contribution >= 0.6 is 11.3 Å². The van der Waals surface area contributed by atoms with E-state index in [0.29, 0.717) is 17.8 Å². The van der Waals surface area contributed by atoms with Crippen LogP contribution in [0.25, 0.3) is 10.1 Å². The highest BCUT2D eigenvalue weighted by Gasteiger charge is 2.29. The molecule has 2 heterocycles. The summed E-state index contributed by atoms with van der Waals surface area (Å²) in [5.74, 6) is -0.864. The van der Waals surface area contributed by atoms with Crippen LogP contribution in [-0.2, 0) is 24.1 Å². The second-order valence-electron chi connectivity index (χ2n) is 8.92. The summed E-state index contributed by atoms with van der Waals surface area (Å²) in [6, 6.07) is 14.4. The minimum Gasteiger partial charge on any atom is -0.477 e. The molecule has 2 N–H and O–H groups in total. The second-order valence-corrected chi connectivity index (χ2v) is 9.97. The van der Waals surface area contributed by atoms with Crippen LogP contribution in [-0.4, -0.2) is 41.0 Å². The molecule has 0 radical (unpaired) electrons. The number of amides is 1. The van der Waals surface area contributed by atoms with Gasteiger partial charge in [0.25, 0.3) is 0 Å². The standard InChI is InChI=1S/C26H28N2O3S/c29-24(27-19-12-11-17-6-1-2-7-18(17)14-19)16-28-13-5-8-20(28)15-22-21-9-3-4-10-23(21)32-25(22)26(30)31/h3-4,9-12,14,20H,1-2,5-8,13,15-16H2,(H,27,29)(H,30,31). The van der Waals surface area contributed by atoms with Crippen LogP contribution in [0.2, 0.25) is 0 Å². The Morgan fingerprint density at radius 2 is 1.88 bits per heavy atom. The Morgan fingerprint density at radius 3 is 2.72 bits per heavy atom. The number of nitrogens with one attached hydrogen (secondary N) is 1. The minimum absolute atomic E-state index is 0.00120. The Morgan fingerprint density at radius 1 is 1.06 bits per heavy atom. The number of carboxylic acid groups (broad SMARTS) is 1. The van der Waals surface area contributed by atoms with Crippen LogP contribution < -0.4 is 5.32 Å². The van der Waals surface area contributed by atoms with Crippen molar-refractivity contribution < 1.29 is 14.7 Å². The van der Waals surface area contributed by atoms with Crippen LogP contribution in [0.3, 0.4) is 0 Å². The zero-order chi connectivity index (χ0) is 22.1. The number of carbonyl (C=O) groups excluding carboxylic acids is 1. The molecule has 1 fully saturated rings. The maximum atomic E-state index is 12.8. The number of carboxylic acids is 1. The zero-order valence-corrected chi connectivity index (χ0v) is 18.9. The van der Waals surface area contributed by atoms with Crippen molar-refractivity contribution in [1.29, 1.82) is 0 Å². The first-order valence-electron chi connectivity index (χ1n) is 11.5. The average Bonchev–Trinajstić information content (AvgIpc) is 3.38. The van der Waals surface area contributed by atoms with Crippen LogP contribution in [0.15, 0.2) is 42.5 Å². The van der Waals surface area contributed by atoms with E-state index in [0.717, 1.165) is 53.6 Å². The molecule has 1 atom stereocenters. The molecule has 166 valence electrons. The Labute approximate surface area is 192 Å². The Kier molecular flexibility index (Phi) is 5.98. The number of aromatic carboxylic acids is 1. The van der Waals surface area contributed by atoms with Crippen molar-refractivity contribution in [2.24, 2.45) is 0 Å². The van der Waals surface area contributed by atoms with Gasteiger partial charge in [0.2, 0.25) is 5.91 Å². The van der Waals surface area contributed by atoms with Gasteiger partial charge in [0, 0.05) is 16.4 Å². The predicted octanol–water partition coefficient (Wildman–Crippen LogP) is 5.12. The maximum Gasteiger partial charge on any atom is 0.346 e. The normalized spacial score (nSPS) is 18.6. The number of nitrogens with zero attached hydrogens (tertiary/aromatic N) is 1. The molecule has 3 aromatic rings. The third-order valence-corrected chi connectivity index (χ3v) is 8.01. The summed E-state index contributed by atoms with van der Waals surface area (Å²) in [4.78, 5) is 27.3. The molecule has 0 saturated carbocycles. The van der Waals surface area contributed by atoms with Gasteiger partial charge in [-0.25, -0.2) is 4.79 Å². The molecule has 1 unspecified atom stereocenters. The van der Waals surface area contributed by atoms with Crippen molar-refractivity contribution in [2.45, 2.75) is 51.0 Å². The lowest BCUT2D eigenvalue weighted by atomic mass is 9.91. The van der Waals surface area contributed by atoms with E-state index >= 15 is 0 Å². The third kappa shape index (κ3) is 4.30. The fourth-order valence-electron chi connectivity index (χ4n) is 5.24. The van der Waals surface area contributed by atoms with Gasteiger partial charge in [-0.05, 0) is 91.8 Å². The fourth-order valence-corrected chi connectivity index (χ4v) is 6.31. The molecular weight excluding hydrogens is 420 g/mol. The molecule has 5 nitrogen and oxygen atoms in total. The fraction of sp³-hybridized carbons (Fsp3) is 0.385. The van der Waals surface area contributed by atoms with Crippen LogP contribution in [0, 0.1) is 0 Å². The number of likely N-dealkylation sites (tertiary alicyclic amines) is 1. The van der Waals surface area contributed by atoms with Crippen molar-refractivity contribution in [2.75, 3.05) is 18.4 Å².